The second kappa shape index (κ2) is 9.52. The average molecular weight is 380 g/mol. The average Bonchev–Trinajstić information content (AvgIpc) is 2.58. The molecule has 26 heavy (non-hydrogen) atoms. The van der Waals surface area contributed by atoms with Crippen molar-refractivity contribution in [1.82, 2.24) is 4.98 Å². The van der Waals surface area contributed by atoms with Gasteiger partial charge in [0, 0.05) is 18.2 Å². The quantitative estimate of drug-likeness (QED) is 0.673. The molecule has 0 unspecified atom stereocenters. The number of sulfone groups is 1. The van der Waals surface area contributed by atoms with Crippen LogP contribution in [0.3, 0.4) is 0 Å². The van der Waals surface area contributed by atoms with Crippen LogP contribution >= 0.6 is 0 Å². The van der Waals surface area contributed by atoms with E-state index >= 15 is 0 Å². The molecule has 0 atom stereocenters. The van der Waals surface area contributed by atoms with Gasteiger partial charge in [0.1, 0.15) is 0 Å². The van der Waals surface area contributed by atoms with Gasteiger partial charge >= 0.3 is 0 Å². The van der Waals surface area contributed by atoms with Crippen LogP contribution in [0.2, 0.25) is 0 Å². The predicted molar refractivity (Wildman–Crippen MR) is 97.0 cm³/mol. The number of aromatic amines is 1. The molecule has 8 nitrogen and oxygen atoms in total. The lowest BCUT2D eigenvalue weighted by atomic mass is 10.2. The van der Waals surface area contributed by atoms with Crippen LogP contribution in [0.5, 0.6) is 0 Å². The molecule has 9 heteroatoms. The topological polar surface area (TPSA) is 133 Å². The minimum absolute atomic E-state index is 0.158. The van der Waals surface area contributed by atoms with E-state index in [9.17, 15) is 18.0 Å². The van der Waals surface area contributed by atoms with Crippen LogP contribution in [0.25, 0.3) is 0 Å². The fourth-order valence-electron chi connectivity index (χ4n) is 2.21. The lowest BCUT2D eigenvalue weighted by Crippen LogP contribution is -2.20. The van der Waals surface area contributed by atoms with E-state index in [-0.39, 0.29) is 29.1 Å². The number of aromatic nitrogens is 1. The van der Waals surface area contributed by atoms with Crippen molar-refractivity contribution in [2.24, 2.45) is 0 Å². The maximum absolute atomic E-state index is 12.1. The molecule has 1 heterocycles. The highest BCUT2D eigenvalue weighted by atomic mass is 32.2. The number of aryl methyl sites for hydroxylation is 2. The fraction of sp³-hybridized carbons (Fsp3) is 0.235. The number of hydrogen-bond donors (Lipinski definition) is 3. The smallest absolute Gasteiger partial charge is 0.290 e. The van der Waals surface area contributed by atoms with Crippen molar-refractivity contribution in [3.05, 3.63) is 58.0 Å². The summed E-state index contributed by atoms with van der Waals surface area (Å²) in [5, 5.41) is 9.55. The van der Waals surface area contributed by atoms with Gasteiger partial charge in [0.2, 0.25) is 11.5 Å². The fourth-order valence-corrected chi connectivity index (χ4v) is 3.48. The lowest BCUT2D eigenvalue weighted by molar-refractivity contribution is -0.123. The van der Waals surface area contributed by atoms with Crippen LogP contribution in [0.15, 0.2) is 46.1 Å². The number of amides is 1. The summed E-state index contributed by atoms with van der Waals surface area (Å²) in [5.41, 5.74) is 1.43. The first-order chi connectivity index (χ1) is 12.2. The third-order valence-corrected chi connectivity index (χ3v) is 5.12. The molecule has 0 saturated carbocycles. The number of pyridine rings is 1. The Morgan fingerprint density at radius 1 is 1.23 bits per heavy atom. The molecule has 0 fully saturated rings. The zero-order valence-electron chi connectivity index (χ0n) is 14.4. The van der Waals surface area contributed by atoms with E-state index in [4.69, 9.17) is 9.90 Å². The molecule has 1 amide bonds. The zero-order chi connectivity index (χ0) is 19.7. The van der Waals surface area contributed by atoms with Gasteiger partial charge in [0.25, 0.3) is 6.47 Å². The third-order valence-electron chi connectivity index (χ3n) is 3.39. The zero-order valence-corrected chi connectivity index (χ0v) is 15.2. The van der Waals surface area contributed by atoms with E-state index in [0.29, 0.717) is 16.9 Å². The maximum atomic E-state index is 12.1. The summed E-state index contributed by atoms with van der Waals surface area (Å²) in [6.45, 7) is 3.13. The summed E-state index contributed by atoms with van der Waals surface area (Å²) in [5.74, 6) is -0.688. The van der Waals surface area contributed by atoms with Crippen LogP contribution in [-0.2, 0) is 19.4 Å². The number of rotatable bonds is 5. The first-order valence-corrected chi connectivity index (χ1v) is 9.22. The number of carboxylic acid groups (broad SMARTS) is 1. The van der Waals surface area contributed by atoms with Gasteiger partial charge in [-0.25, -0.2) is 8.42 Å². The van der Waals surface area contributed by atoms with Crippen molar-refractivity contribution in [2.75, 3.05) is 11.1 Å². The maximum Gasteiger partial charge on any atom is 0.290 e. The molecule has 0 aliphatic carbocycles. The largest absolute Gasteiger partial charge is 0.483 e. The normalized spacial score (nSPS) is 10.4. The monoisotopic (exact) mass is 380 g/mol. The second-order valence-corrected chi connectivity index (χ2v) is 7.46. The Labute approximate surface area is 150 Å². The Hall–Kier alpha value is -2.94. The van der Waals surface area contributed by atoms with Gasteiger partial charge < -0.3 is 15.4 Å². The molecule has 2 aromatic rings. The molecule has 2 rings (SSSR count). The molecule has 140 valence electrons. The Bertz CT molecular complexity index is 894. The molecular weight excluding hydrogens is 360 g/mol. The third kappa shape index (κ3) is 6.17. The number of carbonyl (C=O) groups excluding carboxylic acids is 1. The van der Waals surface area contributed by atoms with Crippen molar-refractivity contribution in [2.45, 2.75) is 25.2 Å². The summed E-state index contributed by atoms with van der Waals surface area (Å²) >= 11 is 0. The Kier molecular flexibility index (Phi) is 7.73. The molecule has 1 aromatic carbocycles. The summed E-state index contributed by atoms with van der Waals surface area (Å²) in [7, 11) is -3.49. The highest BCUT2D eigenvalue weighted by molar-refractivity contribution is 7.91. The van der Waals surface area contributed by atoms with E-state index in [2.05, 4.69) is 10.3 Å². The molecule has 0 bridgehead atoms. The van der Waals surface area contributed by atoms with Gasteiger partial charge in [-0.05, 0) is 31.5 Å². The van der Waals surface area contributed by atoms with Crippen LogP contribution in [0.4, 0.5) is 5.69 Å². The molecule has 1 aromatic heterocycles. The number of carbonyl (C=O) groups is 2. The molecule has 0 aliphatic heterocycles. The van der Waals surface area contributed by atoms with Crippen molar-refractivity contribution < 1.29 is 23.1 Å². The van der Waals surface area contributed by atoms with E-state index in [0.717, 1.165) is 0 Å². The number of anilines is 1. The Morgan fingerprint density at radius 3 is 2.35 bits per heavy atom. The van der Waals surface area contributed by atoms with E-state index in [1.807, 2.05) is 0 Å². The highest BCUT2D eigenvalue weighted by Crippen LogP contribution is 2.16. The van der Waals surface area contributed by atoms with Crippen molar-refractivity contribution in [3.8, 4) is 0 Å². The van der Waals surface area contributed by atoms with Gasteiger partial charge in [-0.3, -0.25) is 14.4 Å². The first kappa shape index (κ1) is 21.1. The SMILES string of the molecule is Cc1cc(=O)[nH]c(C)c1NC(=O)CCS(=O)(=O)c1ccccc1.O=CO. The van der Waals surface area contributed by atoms with Gasteiger partial charge in [-0.2, -0.15) is 0 Å². The molecule has 0 aliphatic rings. The number of H-pyrrole nitrogens is 1. The van der Waals surface area contributed by atoms with Gasteiger partial charge in [-0.15, -0.1) is 0 Å². The second-order valence-electron chi connectivity index (χ2n) is 5.35. The lowest BCUT2D eigenvalue weighted by Gasteiger charge is -2.11. The minimum atomic E-state index is -3.49. The predicted octanol–water partition coefficient (Wildman–Crippen LogP) is 1.50. The van der Waals surface area contributed by atoms with Crippen molar-refractivity contribution in [3.63, 3.8) is 0 Å². The number of nitrogens with one attached hydrogen (secondary N) is 2. The van der Waals surface area contributed by atoms with E-state index in [1.54, 1.807) is 32.0 Å². The molecule has 0 spiro atoms. The van der Waals surface area contributed by atoms with Crippen molar-refractivity contribution >= 4 is 27.9 Å². The molecule has 3 N–H and O–H groups in total. The summed E-state index contributed by atoms with van der Waals surface area (Å²) < 4.78 is 24.3. The van der Waals surface area contributed by atoms with E-state index in [1.165, 1.54) is 18.2 Å². The number of hydrogen-bond acceptors (Lipinski definition) is 5. The van der Waals surface area contributed by atoms with Gasteiger partial charge in [0.15, 0.2) is 9.84 Å². The first-order valence-electron chi connectivity index (χ1n) is 7.57. The van der Waals surface area contributed by atoms with Gasteiger partial charge in [0.05, 0.1) is 16.3 Å². The minimum Gasteiger partial charge on any atom is -0.483 e. The summed E-state index contributed by atoms with van der Waals surface area (Å²) in [4.78, 5) is 34.5. The van der Waals surface area contributed by atoms with Gasteiger partial charge in [-0.1, -0.05) is 18.2 Å². The molecule has 0 saturated heterocycles. The summed E-state index contributed by atoms with van der Waals surface area (Å²) in [6, 6.07) is 9.39. The van der Waals surface area contributed by atoms with Crippen LogP contribution < -0.4 is 10.9 Å². The van der Waals surface area contributed by atoms with Crippen LogP contribution in [0, 0.1) is 13.8 Å². The van der Waals surface area contributed by atoms with E-state index < -0.39 is 15.7 Å². The molecular formula is C17H20N2O6S. The van der Waals surface area contributed by atoms with Crippen molar-refractivity contribution in [1.29, 1.82) is 0 Å². The standard InChI is InChI=1S/C16H18N2O4S.CH2O2/c1-11-10-15(20)17-12(2)16(11)18-14(19)8-9-23(21,22)13-6-4-3-5-7-13;2-1-3/h3-7,10H,8-9H2,1-2H3,(H,17,20)(H,18,19);1H,(H,2,3). The molecule has 0 radical (unpaired) electrons. The van der Waals surface area contributed by atoms with Crippen LogP contribution in [0.1, 0.15) is 17.7 Å². The number of benzene rings is 1. The highest BCUT2D eigenvalue weighted by Gasteiger charge is 2.17. The Morgan fingerprint density at radius 2 is 1.81 bits per heavy atom. The van der Waals surface area contributed by atoms with Crippen LogP contribution in [-0.4, -0.2) is 36.6 Å². The Balaban J connectivity index is 0.00000105. The summed E-state index contributed by atoms with van der Waals surface area (Å²) in [6.07, 6.45) is -0.158.